The van der Waals surface area contributed by atoms with E-state index in [-0.39, 0.29) is 61.5 Å². The summed E-state index contributed by atoms with van der Waals surface area (Å²) in [5.74, 6) is -7.93. The average Bonchev–Trinajstić information content (AvgIpc) is 3.95. The number of aliphatic carboxylic acids is 1. The van der Waals surface area contributed by atoms with Crippen LogP contribution in [0.3, 0.4) is 0 Å². The Bertz CT molecular complexity index is 1770. The highest BCUT2D eigenvalue weighted by Gasteiger charge is 2.43. The van der Waals surface area contributed by atoms with E-state index in [1.807, 2.05) is 0 Å². The molecule has 3 fully saturated rings. The number of amides is 8. The Labute approximate surface area is 388 Å². The Morgan fingerprint density at radius 3 is 1.78 bits per heavy atom. The number of aliphatic hydroxyl groups excluding tert-OH is 3. The number of β-amino-alcohol motifs (C(OH)–C–C–N with tert-alkyl or cyclic N) is 3. The number of hydrogen-bond donors (Lipinski definition) is 12. The zero-order valence-electron chi connectivity index (χ0n) is 34.2. The third kappa shape index (κ3) is 16.2. The molecular formula is C35H54I2N12O14. The van der Waals surface area contributed by atoms with E-state index >= 15 is 0 Å². The van der Waals surface area contributed by atoms with Crippen molar-refractivity contribution in [2.24, 2.45) is 16.5 Å². The number of carbonyl (C=O) groups is 10. The lowest BCUT2D eigenvalue weighted by molar-refractivity contribution is -0.143. The van der Waals surface area contributed by atoms with Crippen molar-refractivity contribution >= 4 is 108 Å². The molecule has 9 atom stereocenters. The van der Waals surface area contributed by atoms with Crippen LogP contribution in [0.1, 0.15) is 51.9 Å². The van der Waals surface area contributed by atoms with Crippen molar-refractivity contribution in [1.29, 1.82) is 0 Å². The summed E-state index contributed by atoms with van der Waals surface area (Å²) in [4.78, 5) is 136. The van der Waals surface area contributed by atoms with Crippen LogP contribution in [0.15, 0.2) is 4.99 Å². The maximum Gasteiger partial charge on any atom is 0.303 e. The molecule has 9 unspecified atom stereocenters. The van der Waals surface area contributed by atoms with Gasteiger partial charge >= 0.3 is 5.97 Å². The maximum atomic E-state index is 13.8. The molecule has 352 valence electrons. The largest absolute Gasteiger partial charge is 0.481 e. The molecule has 8 amide bonds. The SMILES string of the molecule is CC(NI)C(=O)NCC(=O)N1CC(O)CC1C(=O)NC(CCCN=C(N)N)C(=O)NCC(=O)NC(CCC(=O)O)C(=O)N1CC(O)CC1C(=O)NCC(=O)N1CC(O)CC1C(=O)I. The molecule has 63 heavy (non-hydrogen) atoms. The van der Waals surface area contributed by atoms with Crippen molar-refractivity contribution in [3.05, 3.63) is 0 Å². The molecule has 3 aliphatic heterocycles. The number of aliphatic hydroxyl groups is 3. The van der Waals surface area contributed by atoms with Gasteiger partial charge in [-0.2, -0.15) is 0 Å². The second-order valence-electron chi connectivity index (χ2n) is 15.1. The van der Waals surface area contributed by atoms with Crippen LogP contribution in [0.2, 0.25) is 0 Å². The summed E-state index contributed by atoms with van der Waals surface area (Å²) in [6, 6.07) is -7.05. The minimum Gasteiger partial charge on any atom is -0.481 e. The van der Waals surface area contributed by atoms with E-state index in [1.165, 1.54) is 22.6 Å². The minimum atomic E-state index is -1.58. The van der Waals surface area contributed by atoms with Gasteiger partial charge in [-0.15, -0.1) is 0 Å². The zero-order valence-corrected chi connectivity index (χ0v) is 38.5. The average molecular weight is 1120 g/mol. The number of nitrogens with one attached hydrogen (secondary N) is 6. The van der Waals surface area contributed by atoms with E-state index in [0.29, 0.717) is 0 Å². The van der Waals surface area contributed by atoms with E-state index in [9.17, 15) is 68.4 Å². The molecule has 0 aliphatic carbocycles. The standard InChI is InChI=1S/C35H54I2N12O14/c1-16(46-37)30(59)42-11-27(55)48-14-18(51)9-24(48)33(62)45-20(3-2-6-40-35(38)39)31(60)41-10-25(53)44-21(4-5-28(56)57)34(63)49-15-19(52)8-23(49)32(61)43-12-26(54)47-13-17(50)7-22(47)29(36)58/h16-24,46,50-52H,2-15H2,1H3,(H,41,60)(H,42,59)(H,43,61)(H,44,53)(H,45,62)(H,56,57)(H4,38,39,40). The zero-order chi connectivity index (χ0) is 47.1. The summed E-state index contributed by atoms with van der Waals surface area (Å²) in [7, 11) is 0. The van der Waals surface area contributed by atoms with Crippen LogP contribution in [0, 0.1) is 0 Å². The number of carboxylic acids is 1. The fourth-order valence-electron chi connectivity index (χ4n) is 7.10. The summed E-state index contributed by atoms with van der Waals surface area (Å²) in [5.41, 5.74) is 10.8. The van der Waals surface area contributed by atoms with Gasteiger partial charge in [-0.3, -0.25) is 52.9 Å². The van der Waals surface area contributed by atoms with Gasteiger partial charge in [0.1, 0.15) is 30.2 Å². The molecule has 0 spiro atoms. The van der Waals surface area contributed by atoms with Gasteiger partial charge in [0.25, 0.3) is 0 Å². The fraction of sp³-hybridized carbons (Fsp3) is 0.686. The number of carboxylic acid groups (broad SMARTS) is 1. The van der Waals surface area contributed by atoms with Gasteiger partial charge in [-0.1, -0.05) is 0 Å². The molecule has 0 aromatic heterocycles. The first-order valence-corrected chi connectivity index (χ1v) is 22.0. The van der Waals surface area contributed by atoms with Gasteiger partial charge in [-0.05, 0) is 26.2 Å². The van der Waals surface area contributed by atoms with E-state index in [0.717, 1.165) is 14.7 Å². The Morgan fingerprint density at radius 2 is 1.22 bits per heavy atom. The first-order chi connectivity index (χ1) is 29.6. The topological polar surface area (TPSA) is 398 Å². The number of carbonyl (C=O) groups excluding carboxylic acids is 9. The first-order valence-electron chi connectivity index (χ1n) is 19.8. The van der Waals surface area contributed by atoms with Crippen molar-refractivity contribution in [3.8, 4) is 0 Å². The third-order valence-electron chi connectivity index (χ3n) is 10.3. The van der Waals surface area contributed by atoms with E-state index < -0.39 is 147 Å². The molecular weight excluding hydrogens is 1070 g/mol. The predicted molar refractivity (Wildman–Crippen MR) is 234 cm³/mol. The van der Waals surface area contributed by atoms with E-state index in [2.05, 4.69) is 35.1 Å². The van der Waals surface area contributed by atoms with Crippen LogP contribution in [0.4, 0.5) is 0 Å². The van der Waals surface area contributed by atoms with Crippen LogP contribution in [0.5, 0.6) is 0 Å². The lowest BCUT2D eigenvalue weighted by Crippen LogP contribution is -2.56. The molecule has 0 bridgehead atoms. The number of aliphatic imine (C=N–C) groups is 1. The van der Waals surface area contributed by atoms with Crippen molar-refractivity contribution < 1.29 is 68.4 Å². The normalized spacial score (nSPS) is 23.2. The summed E-state index contributed by atoms with van der Waals surface area (Å²) in [6.07, 6.45) is -4.72. The molecule has 3 heterocycles. The lowest BCUT2D eigenvalue weighted by Gasteiger charge is -2.29. The highest BCUT2D eigenvalue weighted by atomic mass is 127. The molecule has 0 aromatic carbocycles. The highest BCUT2D eigenvalue weighted by Crippen LogP contribution is 2.23. The molecule has 3 rings (SSSR count). The summed E-state index contributed by atoms with van der Waals surface area (Å²) < 4.78 is 2.30. The maximum absolute atomic E-state index is 13.8. The molecule has 28 heteroatoms. The van der Waals surface area contributed by atoms with Gasteiger partial charge in [-0.25, -0.2) is 3.53 Å². The van der Waals surface area contributed by atoms with Crippen molar-refractivity contribution in [3.63, 3.8) is 0 Å². The van der Waals surface area contributed by atoms with Gasteiger partial charge in [0, 0.05) is 97.3 Å². The number of likely N-dealkylation sites (tertiary alicyclic amines) is 3. The van der Waals surface area contributed by atoms with E-state index in [1.54, 1.807) is 29.8 Å². The van der Waals surface area contributed by atoms with Crippen molar-refractivity contribution in [1.82, 2.24) is 44.8 Å². The summed E-state index contributed by atoms with van der Waals surface area (Å²) in [6.45, 7) is -1.04. The number of guanidine groups is 1. The van der Waals surface area contributed by atoms with Crippen LogP contribution < -0.4 is 41.6 Å². The smallest absolute Gasteiger partial charge is 0.303 e. The Hall–Kier alpha value is -4.53. The Morgan fingerprint density at radius 1 is 0.698 bits per heavy atom. The summed E-state index contributed by atoms with van der Waals surface area (Å²) >= 11 is 3.28. The van der Waals surface area contributed by atoms with Crippen LogP contribution in [-0.2, 0) is 47.9 Å². The van der Waals surface area contributed by atoms with Gasteiger partial charge < -0.3 is 73.2 Å². The van der Waals surface area contributed by atoms with Gasteiger partial charge in [0.15, 0.2) is 5.96 Å². The number of nitrogens with two attached hydrogens (primary N) is 2. The number of halogens is 2. The monoisotopic (exact) mass is 1120 g/mol. The predicted octanol–water partition coefficient (Wildman–Crippen LogP) is -6.60. The summed E-state index contributed by atoms with van der Waals surface area (Å²) in [5, 5.41) is 52.2. The molecule has 14 N–H and O–H groups in total. The van der Waals surface area contributed by atoms with Gasteiger partial charge in [0.05, 0.1) is 44.0 Å². The van der Waals surface area contributed by atoms with Crippen molar-refractivity contribution in [2.75, 3.05) is 45.8 Å². The van der Waals surface area contributed by atoms with Crippen LogP contribution in [0.25, 0.3) is 0 Å². The molecule has 3 saturated heterocycles. The second kappa shape index (κ2) is 25.1. The lowest BCUT2D eigenvalue weighted by atomic mass is 10.1. The second-order valence-corrected chi connectivity index (χ2v) is 16.8. The van der Waals surface area contributed by atoms with Gasteiger partial charge in [0.2, 0.25) is 51.0 Å². The molecule has 0 radical (unpaired) electrons. The molecule has 0 aromatic rings. The van der Waals surface area contributed by atoms with E-state index in [4.69, 9.17) is 11.5 Å². The quantitative estimate of drug-likeness (QED) is 0.0120. The minimum absolute atomic E-state index is 0.0267. The molecule has 3 aliphatic rings. The number of nitrogens with zero attached hydrogens (tertiary/aromatic N) is 4. The number of rotatable bonds is 22. The fourth-order valence-corrected chi connectivity index (χ4v) is 7.97. The third-order valence-corrected chi connectivity index (χ3v) is 11.9. The first kappa shape index (κ1) is 52.8. The van der Waals surface area contributed by atoms with Crippen molar-refractivity contribution in [2.45, 2.75) is 106 Å². The van der Waals surface area contributed by atoms with Crippen LogP contribution >= 0.6 is 45.5 Å². The number of hydrogen-bond acceptors (Lipinski definition) is 15. The Balaban J connectivity index is 1.68. The Kier molecular flexibility index (Phi) is 21.0. The van der Waals surface area contributed by atoms with Crippen LogP contribution in [-0.4, -0.2) is 198 Å². The molecule has 26 nitrogen and oxygen atoms in total. The molecule has 0 saturated carbocycles. The highest BCUT2D eigenvalue weighted by molar-refractivity contribution is 14.1.